The summed E-state index contributed by atoms with van der Waals surface area (Å²) in [7, 11) is 1.64. The van der Waals surface area contributed by atoms with Gasteiger partial charge in [-0.3, -0.25) is 0 Å². The zero-order valence-electron chi connectivity index (χ0n) is 11.0. The molecule has 0 spiro atoms. The molecule has 20 heavy (non-hydrogen) atoms. The average molecular weight is 345 g/mol. The second kappa shape index (κ2) is 7.86. The lowest BCUT2D eigenvalue weighted by Crippen LogP contribution is -2.38. The number of carbonyl (C=O) groups is 2. The number of carboxylic acids is 1. The lowest BCUT2D eigenvalue weighted by Gasteiger charge is -2.18. The number of amides is 2. The molecule has 0 aliphatic carbocycles. The molecular formula is C13H17BrN2O4. The fourth-order valence-corrected chi connectivity index (χ4v) is 2.00. The second-order valence-corrected chi connectivity index (χ2v) is 5.28. The summed E-state index contributed by atoms with van der Waals surface area (Å²) in [6.07, 6.45) is -1.48. The van der Waals surface area contributed by atoms with E-state index in [0.717, 1.165) is 10.0 Å². The highest BCUT2D eigenvalue weighted by Crippen LogP contribution is 2.12. The first-order valence-electron chi connectivity index (χ1n) is 6.04. The van der Waals surface area contributed by atoms with Crippen molar-refractivity contribution >= 4 is 27.9 Å². The van der Waals surface area contributed by atoms with Crippen LogP contribution in [0.1, 0.15) is 12.0 Å². The summed E-state index contributed by atoms with van der Waals surface area (Å²) in [6.45, 7) is 0.544. The molecule has 1 rings (SSSR count). The number of halogens is 1. The maximum absolute atomic E-state index is 11.8. The molecule has 0 radical (unpaired) electrons. The smallest absolute Gasteiger partial charge is 0.332 e. The van der Waals surface area contributed by atoms with E-state index in [-0.39, 0.29) is 19.0 Å². The summed E-state index contributed by atoms with van der Waals surface area (Å²) >= 11 is 3.36. The Labute approximate surface area is 125 Å². The van der Waals surface area contributed by atoms with Crippen LogP contribution in [0.25, 0.3) is 0 Å². The normalized spacial score (nSPS) is 11.8. The number of hydrogen-bond acceptors (Lipinski definition) is 3. The minimum atomic E-state index is -1.45. The standard InChI is InChI=1S/C13H17BrN2O4/c1-16(8-9-3-2-4-10(14)7-9)13(20)15-6-5-11(17)12(18)19/h2-4,7,11,17H,5-6,8H2,1H3,(H,15,20)(H,18,19)/t11-/m0/s1. The van der Waals surface area contributed by atoms with Gasteiger partial charge in [0.2, 0.25) is 0 Å². The summed E-state index contributed by atoms with van der Waals surface area (Å²) in [5.74, 6) is -1.29. The van der Waals surface area contributed by atoms with Gasteiger partial charge >= 0.3 is 12.0 Å². The molecule has 1 atom stereocenters. The Bertz CT molecular complexity index is 481. The number of aliphatic hydroxyl groups is 1. The highest BCUT2D eigenvalue weighted by atomic mass is 79.9. The highest BCUT2D eigenvalue weighted by molar-refractivity contribution is 9.10. The molecule has 0 aliphatic heterocycles. The van der Waals surface area contributed by atoms with Crippen molar-refractivity contribution in [1.82, 2.24) is 10.2 Å². The number of aliphatic hydroxyl groups excluding tert-OH is 1. The van der Waals surface area contributed by atoms with Crippen molar-refractivity contribution in [3.05, 3.63) is 34.3 Å². The fourth-order valence-electron chi connectivity index (χ4n) is 1.56. The van der Waals surface area contributed by atoms with Crippen LogP contribution < -0.4 is 5.32 Å². The van der Waals surface area contributed by atoms with Gasteiger partial charge in [-0.05, 0) is 17.7 Å². The fraction of sp³-hybridized carbons (Fsp3) is 0.385. The third kappa shape index (κ3) is 5.58. The SMILES string of the molecule is CN(Cc1cccc(Br)c1)C(=O)NCC[C@H](O)C(=O)O. The third-order valence-electron chi connectivity index (χ3n) is 2.63. The van der Waals surface area contributed by atoms with E-state index in [0.29, 0.717) is 6.54 Å². The number of benzene rings is 1. The Kier molecular flexibility index (Phi) is 6.47. The quantitative estimate of drug-likeness (QED) is 0.728. The van der Waals surface area contributed by atoms with Gasteiger partial charge < -0.3 is 20.4 Å². The number of carboxylic acid groups (broad SMARTS) is 1. The van der Waals surface area contributed by atoms with Gasteiger partial charge in [-0.25, -0.2) is 9.59 Å². The van der Waals surface area contributed by atoms with Gasteiger partial charge in [0.05, 0.1) is 0 Å². The summed E-state index contributed by atoms with van der Waals surface area (Å²) < 4.78 is 0.938. The van der Waals surface area contributed by atoms with Crippen LogP contribution in [0.2, 0.25) is 0 Å². The maximum Gasteiger partial charge on any atom is 0.332 e. The Morgan fingerprint density at radius 3 is 2.75 bits per heavy atom. The Morgan fingerprint density at radius 2 is 2.15 bits per heavy atom. The molecule has 0 aromatic heterocycles. The molecule has 0 saturated carbocycles. The van der Waals surface area contributed by atoms with E-state index in [1.807, 2.05) is 24.3 Å². The molecule has 1 aromatic rings. The average Bonchev–Trinajstić information content (AvgIpc) is 2.38. The van der Waals surface area contributed by atoms with Crippen LogP contribution in [-0.2, 0) is 11.3 Å². The molecule has 0 heterocycles. The predicted molar refractivity (Wildman–Crippen MR) is 77.3 cm³/mol. The van der Waals surface area contributed by atoms with Gasteiger partial charge in [-0.2, -0.15) is 0 Å². The van der Waals surface area contributed by atoms with Gasteiger partial charge in [0.25, 0.3) is 0 Å². The monoisotopic (exact) mass is 344 g/mol. The van der Waals surface area contributed by atoms with Crippen molar-refractivity contribution in [2.45, 2.75) is 19.1 Å². The summed E-state index contributed by atoms with van der Waals surface area (Å²) in [4.78, 5) is 23.6. The maximum atomic E-state index is 11.8. The molecular weight excluding hydrogens is 328 g/mol. The van der Waals surface area contributed by atoms with E-state index < -0.39 is 12.1 Å². The minimum absolute atomic E-state index is 0.0220. The van der Waals surface area contributed by atoms with Gasteiger partial charge in [0, 0.05) is 31.0 Å². The number of nitrogens with zero attached hydrogens (tertiary/aromatic N) is 1. The number of hydrogen-bond donors (Lipinski definition) is 3. The minimum Gasteiger partial charge on any atom is -0.479 e. The molecule has 6 nitrogen and oxygen atoms in total. The van der Waals surface area contributed by atoms with Crippen LogP contribution >= 0.6 is 15.9 Å². The molecule has 110 valence electrons. The summed E-state index contributed by atoms with van der Waals surface area (Å²) in [5.41, 5.74) is 0.975. The summed E-state index contributed by atoms with van der Waals surface area (Å²) in [6, 6.07) is 7.29. The number of rotatable bonds is 6. The van der Waals surface area contributed by atoms with Crippen molar-refractivity contribution in [1.29, 1.82) is 0 Å². The van der Waals surface area contributed by atoms with E-state index in [1.165, 1.54) is 4.90 Å². The zero-order chi connectivity index (χ0) is 15.1. The number of aliphatic carboxylic acids is 1. The molecule has 2 amide bonds. The van der Waals surface area contributed by atoms with E-state index in [4.69, 9.17) is 10.2 Å². The van der Waals surface area contributed by atoms with Crippen LogP contribution in [0.4, 0.5) is 4.79 Å². The summed E-state index contributed by atoms with van der Waals surface area (Å²) in [5, 5.41) is 20.1. The predicted octanol–water partition coefficient (Wildman–Crippen LogP) is 1.43. The molecule has 7 heteroatoms. The molecule has 0 fully saturated rings. The number of urea groups is 1. The zero-order valence-corrected chi connectivity index (χ0v) is 12.6. The molecule has 0 unspecified atom stereocenters. The number of carbonyl (C=O) groups excluding carboxylic acids is 1. The van der Waals surface area contributed by atoms with E-state index in [2.05, 4.69) is 21.2 Å². The van der Waals surface area contributed by atoms with E-state index in [9.17, 15) is 9.59 Å². The second-order valence-electron chi connectivity index (χ2n) is 4.36. The third-order valence-corrected chi connectivity index (χ3v) is 3.13. The van der Waals surface area contributed by atoms with Crippen LogP contribution in [0.15, 0.2) is 28.7 Å². The van der Waals surface area contributed by atoms with Crippen molar-refractivity contribution in [3.8, 4) is 0 Å². The molecule has 0 saturated heterocycles. The van der Waals surface area contributed by atoms with Crippen molar-refractivity contribution in [2.75, 3.05) is 13.6 Å². The van der Waals surface area contributed by atoms with Crippen molar-refractivity contribution < 1.29 is 19.8 Å². The van der Waals surface area contributed by atoms with Crippen molar-refractivity contribution in [2.24, 2.45) is 0 Å². The Balaban J connectivity index is 2.38. The lowest BCUT2D eigenvalue weighted by atomic mass is 10.2. The molecule has 3 N–H and O–H groups in total. The van der Waals surface area contributed by atoms with Gasteiger partial charge in [0.15, 0.2) is 6.10 Å². The number of nitrogens with one attached hydrogen (secondary N) is 1. The lowest BCUT2D eigenvalue weighted by molar-refractivity contribution is -0.146. The van der Waals surface area contributed by atoms with Gasteiger partial charge in [0.1, 0.15) is 0 Å². The van der Waals surface area contributed by atoms with Crippen LogP contribution in [0, 0.1) is 0 Å². The Morgan fingerprint density at radius 1 is 1.45 bits per heavy atom. The van der Waals surface area contributed by atoms with Crippen LogP contribution in [-0.4, -0.2) is 46.8 Å². The van der Waals surface area contributed by atoms with E-state index in [1.54, 1.807) is 7.05 Å². The van der Waals surface area contributed by atoms with Gasteiger partial charge in [-0.15, -0.1) is 0 Å². The molecule has 0 bridgehead atoms. The van der Waals surface area contributed by atoms with Crippen LogP contribution in [0.5, 0.6) is 0 Å². The first-order valence-corrected chi connectivity index (χ1v) is 6.83. The van der Waals surface area contributed by atoms with Gasteiger partial charge in [-0.1, -0.05) is 28.1 Å². The highest BCUT2D eigenvalue weighted by Gasteiger charge is 2.14. The van der Waals surface area contributed by atoms with Crippen molar-refractivity contribution in [3.63, 3.8) is 0 Å². The first-order chi connectivity index (χ1) is 9.40. The van der Waals surface area contributed by atoms with E-state index >= 15 is 0 Å². The molecule has 1 aromatic carbocycles. The largest absolute Gasteiger partial charge is 0.479 e. The molecule has 0 aliphatic rings. The Hall–Kier alpha value is -1.60. The first kappa shape index (κ1) is 16.5. The topological polar surface area (TPSA) is 89.9 Å². The van der Waals surface area contributed by atoms with Crippen LogP contribution in [0.3, 0.4) is 0 Å².